The third-order valence-corrected chi connectivity index (χ3v) is 4.82. The van der Waals surface area contributed by atoms with Gasteiger partial charge in [0.15, 0.2) is 0 Å². The quantitative estimate of drug-likeness (QED) is 0.868. The summed E-state index contributed by atoms with van der Waals surface area (Å²) in [6.45, 7) is 4.26. The van der Waals surface area contributed by atoms with Gasteiger partial charge in [-0.2, -0.15) is 5.10 Å². The topological polar surface area (TPSA) is 53.3 Å². The standard InChI is InChI=1S/C16H28N4O/c1-12-15(10-17-13-7-8-13)16(19(2)18-12)20-9-5-3-4-6-14(20)11-21/h13-14,17,21H,3-11H2,1-2H3. The maximum Gasteiger partial charge on any atom is 0.131 e. The molecule has 21 heavy (non-hydrogen) atoms. The second kappa shape index (κ2) is 6.36. The predicted molar refractivity (Wildman–Crippen MR) is 84.5 cm³/mol. The summed E-state index contributed by atoms with van der Waals surface area (Å²) in [4.78, 5) is 2.40. The maximum absolute atomic E-state index is 9.78. The number of aliphatic hydroxyl groups excluding tert-OH is 1. The Morgan fingerprint density at radius 1 is 1.24 bits per heavy atom. The van der Waals surface area contributed by atoms with Gasteiger partial charge in [0.2, 0.25) is 0 Å². The molecule has 0 radical (unpaired) electrons. The molecule has 0 bridgehead atoms. The summed E-state index contributed by atoms with van der Waals surface area (Å²) in [6, 6.07) is 0.942. The first kappa shape index (κ1) is 14.9. The van der Waals surface area contributed by atoms with Crippen molar-refractivity contribution in [3.63, 3.8) is 0 Å². The summed E-state index contributed by atoms with van der Waals surface area (Å²) in [5.41, 5.74) is 2.42. The van der Waals surface area contributed by atoms with E-state index in [0.717, 1.165) is 25.2 Å². The maximum atomic E-state index is 9.78. The van der Waals surface area contributed by atoms with Crippen LogP contribution >= 0.6 is 0 Å². The highest BCUT2D eigenvalue weighted by atomic mass is 16.3. The van der Waals surface area contributed by atoms with Crippen molar-refractivity contribution in [2.24, 2.45) is 7.05 Å². The largest absolute Gasteiger partial charge is 0.394 e. The highest BCUT2D eigenvalue weighted by Crippen LogP contribution is 2.30. The van der Waals surface area contributed by atoms with Gasteiger partial charge in [0.05, 0.1) is 18.3 Å². The lowest BCUT2D eigenvalue weighted by atomic mass is 10.1. The van der Waals surface area contributed by atoms with Crippen LogP contribution in [0.15, 0.2) is 0 Å². The molecule has 0 spiro atoms. The minimum atomic E-state index is 0.236. The van der Waals surface area contributed by atoms with Gasteiger partial charge in [-0.25, -0.2) is 0 Å². The van der Waals surface area contributed by atoms with Crippen LogP contribution in [0.1, 0.15) is 49.8 Å². The Morgan fingerprint density at radius 3 is 2.76 bits per heavy atom. The molecule has 1 aromatic heterocycles. The van der Waals surface area contributed by atoms with Crippen molar-refractivity contribution in [1.82, 2.24) is 15.1 Å². The van der Waals surface area contributed by atoms with Crippen molar-refractivity contribution in [3.8, 4) is 0 Å². The van der Waals surface area contributed by atoms with Crippen LogP contribution in [0.4, 0.5) is 5.82 Å². The zero-order chi connectivity index (χ0) is 14.8. The molecular weight excluding hydrogens is 264 g/mol. The van der Waals surface area contributed by atoms with Crippen LogP contribution in [0.5, 0.6) is 0 Å². The van der Waals surface area contributed by atoms with Gasteiger partial charge in [0.1, 0.15) is 5.82 Å². The summed E-state index contributed by atoms with van der Waals surface area (Å²) in [6.07, 6.45) is 7.37. The van der Waals surface area contributed by atoms with Gasteiger partial charge in [0.25, 0.3) is 0 Å². The van der Waals surface area contributed by atoms with Gasteiger partial charge in [-0.1, -0.05) is 12.8 Å². The molecule has 1 unspecified atom stereocenters. The normalized spacial score (nSPS) is 23.4. The number of nitrogens with one attached hydrogen (secondary N) is 1. The molecule has 2 aliphatic rings. The molecule has 2 heterocycles. The number of hydrogen-bond acceptors (Lipinski definition) is 4. The Morgan fingerprint density at radius 2 is 2.05 bits per heavy atom. The van der Waals surface area contributed by atoms with Gasteiger partial charge in [-0.05, 0) is 32.6 Å². The first-order chi connectivity index (χ1) is 10.2. The molecule has 2 fully saturated rings. The number of anilines is 1. The lowest BCUT2D eigenvalue weighted by Crippen LogP contribution is -2.39. The Bertz CT molecular complexity index is 481. The van der Waals surface area contributed by atoms with Crippen molar-refractivity contribution >= 4 is 5.82 Å². The molecule has 1 aliphatic carbocycles. The van der Waals surface area contributed by atoms with E-state index in [2.05, 4.69) is 22.2 Å². The molecule has 1 atom stereocenters. The van der Waals surface area contributed by atoms with E-state index in [4.69, 9.17) is 0 Å². The molecule has 1 saturated carbocycles. The van der Waals surface area contributed by atoms with Gasteiger partial charge in [-0.15, -0.1) is 0 Å². The number of aryl methyl sites for hydroxylation is 2. The van der Waals surface area contributed by atoms with E-state index in [-0.39, 0.29) is 12.6 Å². The van der Waals surface area contributed by atoms with Crippen LogP contribution in [-0.4, -0.2) is 40.1 Å². The van der Waals surface area contributed by atoms with Crippen molar-refractivity contribution in [3.05, 3.63) is 11.3 Å². The van der Waals surface area contributed by atoms with E-state index in [9.17, 15) is 5.11 Å². The second-order valence-corrected chi connectivity index (χ2v) is 6.55. The van der Waals surface area contributed by atoms with Crippen LogP contribution in [0, 0.1) is 6.92 Å². The Labute approximate surface area is 127 Å². The average molecular weight is 292 g/mol. The highest BCUT2D eigenvalue weighted by Gasteiger charge is 2.28. The summed E-state index contributed by atoms with van der Waals surface area (Å²) >= 11 is 0. The van der Waals surface area contributed by atoms with Crippen LogP contribution in [0.25, 0.3) is 0 Å². The number of aliphatic hydroxyl groups is 1. The van der Waals surface area contributed by atoms with E-state index in [1.165, 1.54) is 43.5 Å². The van der Waals surface area contributed by atoms with Crippen LogP contribution in [0.2, 0.25) is 0 Å². The van der Waals surface area contributed by atoms with Crippen LogP contribution in [-0.2, 0) is 13.6 Å². The smallest absolute Gasteiger partial charge is 0.131 e. The first-order valence-corrected chi connectivity index (χ1v) is 8.34. The SMILES string of the molecule is Cc1nn(C)c(N2CCCCCC2CO)c1CNC1CC1. The molecule has 5 nitrogen and oxygen atoms in total. The fraction of sp³-hybridized carbons (Fsp3) is 0.812. The second-order valence-electron chi connectivity index (χ2n) is 6.55. The lowest BCUT2D eigenvalue weighted by Gasteiger charge is -2.31. The zero-order valence-corrected chi connectivity index (χ0v) is 13.3. The average Bonchev–Trinajstić information content (AvgIpc) is 3.26. The van der Waals surface area contributed by atoms with Crippen molar-refractivity contribution in [2.75, 3.05) is 18.1 Å². The molecule has 0 aromatic carbocycles. The Balaban J connectivity index is 1.86. The highest BCUT2D eigenvalue weighted by molar-refractivity contribution is 5.51. The fourth-order valence-electron chi connectivity index (χ4n) is 3.44. The molecule has 1 aromatic rings. The van der Waals surface area contributed by atoms with Gasteiger partial charge >= 0.3 is 0 Å². The number of nitrogens with zero attached hydrogens (tertiary/aromatic N) is 3. The minimum Gasteiger partial charge on any atom is -0.394 e. The Hall–Kier alpha value is -1.07. The predicted octanol–water partition coefficient (Wildman–Crippen LogP) is 1.72. The van der Waals surface area contributed by atoms with Crippen molar-refractivity contribution in [1.29, 1.82) is 0 Å². The summed E-state index contributed by atoms with van der Waals surface area (Å²) in [5.74, 6) is 1.21. The van der Waals surface area contributed by atoms with E-state index in [1.54, 1.807) is 0 Å². The van der Waals surface area contributed by atoms with Crippen molar-refractivity contribution < 1.29 is 5.11 Å². The summed E-state index contributed by atoms with van der Waals surface area (Å²) < 4.78 is 2.01. The third kappa shape index (κ3) is 3.24. The van der Waals surface area contributed by atoms with E-state index in [1.807, 2.05) is 11.7 Å². The van der Waals surface area contributed by atoms with E-state index >= 15 is 0 Å². The van der Waals surface area contributed by atoms with Crippen LogP contribution < -0.4 is 10.2 Å². The van der Waals surface area contributed by atoms with E-state index in [0.29, 0.717) is 6.04 Å². The number of aromatic nitrogens is 2. The summed E-state index contributed by atoms with van der Waals surface area (Å²) in [5, 5.41) is 18.0. The fourth-order valence-corrected chi connectivity index (χ4v) is 3.44. The van der Waals surface area contributed by atoms with E-state index < -0.39 is 0 Å². The van der Waals surface area contributed by atoms with Gasteiger partial charge < -0.3 is 15.3 Å². The molecule has 0 amide bonds. The Kier molecular flexibility index (Phi) is 4.50. The first-order valence-electron chi connectivity index (χ1n) is 8.34. The summed E-state index contributed by atoms with van der Waals surface area (Å²) in [7, 11) is 2.03. The number of rotatable bonds is 5. The molecule has 1 saturated heterocycles. The molecule has 3 rings (SSSR count). The van der Waals surface area contributed by atoms with Gasteiger partial charge in [-0.3, -0.25) is 4.68 Å². The third-order valence-electron chi connectivity index (χ3n) is 4.82. The molecular formula is C16H28N4O. The molecule has 2 N–H and O–H groups in total. The van der Waals surface area contributed by atoms with Gasteiger partial charge in [0, 0.05) is 31.7 Å². The van der Waals surface area contributed by atoms with Crippen LogP contribution in [0.3, 0.4) is 0 Å². The number of hydrogen-bond donors (Lipinski definition) is 2. The van der Waals surface area contributed by atoms with Crippen molar-refractivity contribution in [2.45, 2.75) is 64.1 Å². The molecule has 118 valence electrons. The molecule has 1 aliphatic heterocycles. The molecule has 5 heteroatoms. The zero-order valence-electron chi connectivity index (χ0n) is 13.3. The monoisotopic (exact) mass is 292 g/mol. The lowest BCUT2D eigenvalue weighted by molar-refractivity contribution is 0.254. The minimum absolute atomic E-state index is 0.236.